The molecule has 0 aliphatic heterocycles. The number of methoxy groups -OCH3 is 1. The van der Waals surface area contributed by atoms with E-state index in [2.05, 4.69) is 31.2 Å². The largest absolute Gasteiger partial charge is 0.497 e. The van der Waals surface area contributed by atoms with Crippen molar-refractivity contribution in [2.24, 2.45) is 0 Å². The van der Waals surface area contributed by atoms with E-state index in [-0.39, 0.29) is 0 Å². The van der Waals surface area contributed by atoms with Gasteiger partial charge in [0.1, 0.15) is 5.75 Å². The Bertz CT molecular complexity index is 443. The normalized spacial score (nSPS) is 10.0. The molecule has 0 aliphatic rings. The lowest BCUT2D eigenvalue weighted by atomic mass is 10.0. The number of aryl methyl sites for hydroxylation is 1. The summed E-state index contributed by atoms with van der Waals surface area (Å²) in [6.07, 6.45) is 0. The average molecular weight is 197 g/mol. The predicted octanol–water partition coefficient (Wildman–Crippen LogP) is 3.47. The third kappa shape index (κ3) is 2.01. The monoisotopic (exact) mass is 197 g/mol. The van der Waals surface area contributed by atoms with E-state index in [1.54, 1.807) is 7.11 Å². The quantitative estimate of drug-likeness (QED) is 0.716. The highest BCUT2D eigenvalue weighted by atomic mass is 16.5. The smallest absolute Gasteiger partial charge is 0.118 e. The minimum absolute atomic E-state index is 0.885. The highest BCUT2D eigenvalue weighted by molar-refractivity contribution is 5.67. The van der Waals surface area contributed by atoms with E-state index in [0.717, 1.165) is 5.75 Å². The molecule has 0 unspecified atom stereocenters. The first kappa shape index (κ1) is 9.78. The third-order valence-electron chi connectivity index (χ3n) is 2.46. The van der Waals surface area contributed by atoms with Crippen LogP contribution in [0.25, 0.3) is 11.1 Å². The first-order valence-electron chi connectivity index (χ1n) is 4.93. The maximum absolute atomic E-state index is 5.13. The summed E-state index contributed by atoms with van der Waals surface area (Å²) in [5.41, 5.74) is 3.59. The molecule has 1 radical (unpaired) electrons. The second-order valence-corrected chi connectivity index (χ2v) is 3.44. The number of ether oxygens (including phenoxy) is 1. The molecule has 0 saturated heterocycles. The Kier molecular flexibility index (Phi) is 2.72. The third-order valence-corrected chi connectivity index (χ3v) is 2.46. The van der Waals surface area contributed by atoms with Gasteiger partial charge < -0.3 is 4.74 Å². The number of hydrogen-bond donors (Lipinski definition) is 0. The van der Waals surface area contributed by atoms with E-state index in [9.17, 15) is 0 Å². The molecule has 0 N–H and O–H groups in total. The van der Waals surface area contributed by atoms with Crippen molar-refractivity contribution in [1.82, 2.24) is 0 Å². The van der Waals surface area contributed by atoms with Gasteiger partial charge in [-0.25, -0.2) is 0 Å². The zero-order valence-corrected chi connectivity index (χ0v) is 8.95. The zero-order chi connectivity index (χ0) is 10.7. The van der Waals surface area contributed by atoms with Crippen LogP contribution in [0, 0.1) is 13.0 Å². The summed E-state index contributed by atoms with van der Waals surface area (Å²) < 4.78 is 5.13. The fourth-order valence-corrected chi connectivity index (χ4v) is 1.60. The molecule has 1 heteroatoms. The molecule has 15 heavy (non-hydrogen) atoms. The lowest BCUT2D eigenvalue weighted by molar-refractivity contribution is 0.415. The van der Waals surface area contributed by atoms with E-state index < -0.39 is 0 Å². The van der Waals surface area contributed by atoms with Crippen LogP contribution in [0.5, 0.6) is 5.75 Å². The van der Waals surface area contributed by atoms with Crippen LogP contribution < -0.4 is 4.74 Å². The maximum atomic E-state index is 5.13. The Hall–Kier alpha value is -1.76. The summed E-state index contributed by atoms with van der Waals surface area (Å²) >= 11 is 0. The lowest BCUT2D eigenvalue weighted by Gasteiger charge is -2.06. The van der Waals surface area contributed by atoms with Crippen LogP contribution in [-0.4, -0.2) is 7.11 Å². The summed E-state index contributed by atoms with van der Waals surface area (Å²) in [5.74, 6) is 0.885. The topological polar surface area (TPSA) is 9.23 Å². The summed E-state index contributed by atoms with van der Waals surface area (Å²) in [6.45, 7) is 2.07. The number of hydrogen-bond acceptors (Lipinski definition) is 1. The highest BCUT2D eigenvalue weighted by Crippen LogP contribution is 2.24. The van der Waals surface area contributed by atoms with Crippen molar-refractivity contribution >= 4 is 0 Å². The van der Waals surface area contributed by atoms with Gasteiger partial charge in [0.25, 0.3) is 0 Å². The first-order valence-corrected chi connectivity index (χ1v) is 4.93. The van der Waals surface area contributed by atoms with Crippen molar-refractivity contribution in [3.8, 4) is 16.9 Å². The van der Waals surface area contributed by atoms with Gasteiger partial charge in [-0.1, -0.05) is 30.3 Å². The van der Waals surface area contributed by atoms with Crippen LogP contribution in [0.1, 0.15) is 5.56 Å². The van der Waals surface area contributed by atoms with Crippen molar-refractivity contribution in [3.63, 3.8) is 0 Å². The molecule has 0 saturated carbocycles. The van der Waals surface area contributed by atoms with Gasteiger partial charge in [0, 0.05) is 0 Å². The van der Waals surface area contributed by atoms with Crippen molar-refractivity contribution in [1.29, 1.82) is 0 Å². The van der Waals surface area contributed by atoms with Gasteiger partial charge in [0.05, 0.1) is 7.11 Å². The summed E-state index contributed by atoms with van der Waals surface area (Å²) in [7, 11) is 1.68. The van der Waals surface area contributed by atoms with Crippen molar-refractivity contribution in [2.75, 3.05) is 7.11 Å². The summed E-state index contributed by atoms with van der Waals surface area (Å²) in [5, 5.41) is 0. The molecule has 0 spiro atoms. The Morgan fingerprint density at radius 3 is 2.40 bits per heavy atom. The molecule has 1 nitrogen and oxygen atoms in total. The Morgan fingerprint density at radius 2 is 1.80 bits per heavy atom. The van der Waals surface area contributed by atoms with Gasteiger partial charge in [-0.15, -0.1) is 0 Å². The van der Waals surface area contributed by atoms with Crippen LogP contribution in [0.15, 0.2) is 42.5 Å². The van der Waals surface area contributed by atoms with Crippen LogP contribution in [-0.2, 0) is 0 Å². The highest BCUT2D eigenvalue weighted by Gasteiger charge is 2.00. The van der Waals surface area contributed by atoms with E-state index in [1.165, 1.54) is 16.7 Å². The molecular weight excluding hydrogens is 184 g/mol. The molecule has 0 atom stereocenters. The Labute approximate surface area is 90.3 Å². The van der Waals surface area contributed by atoms with Crippen LogP contribution in [0.2, 0.25) is 0 Å². The van der Waals surface area contributed by atoms with Crippen molar-refractivity contribution in [2.45, 2.75) is 6.92 Å². The van der Waals surface area contributed by atoms with Gasteiger partial charge in [0.15, 0.2) is 0 Å². The van der Waals surface area contributed by atoms with Crippen molar-refractivity contribution in [3.05, 3.63) is 54.1 Å². The van der Waals surface area contributed by atoms with Gasteiger partial charge >= 0.3 is 0 Å². The standard InChI is InChI=1S/C14H13O/c1-11-5-3-4-6-14(11)12-7-9-13(15-2)10-8-12/h3-4,6-10H,1-2H3. The molecule has 2 rings (SSSR count). The minimum atomic E-state index is 0.885. The number of rotatable bonds is 2. The van der Waals surface area contributed by atoms with Crippen molar-refractivity contribution < 1.29 is 4.74 Å². The van der Waals surface area contributed by atoms with Crippen LogP contribution in [0.3, 0.4) is 0 Å². The van der Waals surface area contributed by atoms with E-state index in [4.69, 9.17) is 4.74 Å². The van der Waals surface area contributed by atoms with E-state index in [1.807, 2.05) is 24.3 Å². The predicted molar refractivity (Wildman–Crippen MR) is 62.0 cm³/mol. The zero-order valence-electron chi connectivity index (χ0n) is 8.95. The van der Waals surface area contributed by atoms with Crippen LogP contribution in [0.4, 0.5) is 0 Å². The average Bonchev–Trinajstić information content (AvgIpc) is 2.30. The van der Waals surface area contributed by atoms with Gasteiger partial charge in [-0.05, 0) is 41.8 Å². The van der Waals surface area contributed by atoms with Gasteiger partial charge in [0.2, 0.25) is 0 Å². The molecule has 0 heterocycles. The lowest BCUT2D eigenvalue weighted by Crippen LogP contribution is -1.84. The second kappa shape index (κ2) is 4.18. The van der Waals surface area contributed by atoms with E-state index >= 15 is 0 Å². The molecule has 75 valence electrons. The SMILES string of the molecule is COc1ccc(-c2ccc[c]c2C)cc1. The summed E-state index contributed by atoms with van der Waals surface area (Å²) in [4.78, 5) is 0. The fourth-order valence-electron chi connectivity index (χ4n) is 1.60. The molecule has 0 amide bonds. The Balaban J connectivity index is 2.42. The molecule has 0 aliphatic carbocycles. The van der Waals surface area contributed by atoms with E-state index in [0.29, 0.717) is 0 Å². The van der Waals surface area contributed by atoms with Crippen LogP contribution >= 0.6 is 0 Å². The first-order chi connectivity index (χ1) is 7.31. The minimum Gasteiger partial charge on any atom is -0.497 e. The molecule has 0 fully saturated rings. The molecule has 0 aromatic heterocycles. The second-order valence-electron chi connectivity index (χ2n) is 3.44. The fraction of sp³-hybridized carbons (Fsp3) is 0.143. The summed E-state index contributed by atoms with van der Waals surface area (Å²) in [6, 6.07) is 17.3. The van der Waals surface area contributed by atoms with Gasteiger partial charge in [-0.3, -0.25) is 0 Å². The maximum Gasteiger partial charge on any atom is 0.118 e. The Morgan fingerprint density at radius 1 is 1.07 bits per heavy atom. The molecule has 2 aromatic carbocycles. The molecule has 2 aromatic rings. The molecular formula is C14H13O. The number of benzene rings is 2. The van der Waals surface area contributed by atoms with Gasteiger partial charge in [-0.2, -0.15) is 0 Å². The molecule has 0 bridgehead atoms.